The second-order valence-electron chi connectivity index (χ2n) is 5.96. The number of hydrogen-bond acceptors (Lipinski definition) is 5. The number of aliphatic hydroxyl groups is 1. The van der Waals surface area contributed by atoms with E-state index in [0.29, 0.717) is 13.2 Å². The highest BCUT2D eigenvalue weighted by Crippen LogP contribution is 2.14. The summed E-state index contributed by atoms with van der Waals surface area (Å²) in [7, 11) is 0. The Bertz CT molecular complexity index is 431. The van der Waals surface area contributed by atoms with Gasteiger partial charge < -0.3 is 14.7 Å². The summed E-state index contributed by atoms with van der Waals surface area (Å²) in [5.74, 6) is 1.05. The fourth-order valence-corrected chi connectivity index (χ4v) is 2.52. The lowest BCUT2D eigenvalue weighted by Gasteiger charge is -2.36. The van der Waals surface area contributed by atoms with Crippen LogP contribution in [0, 0.1) is 6.92 Å². The number of ether oxygens (including phenoxy) is 1. The Balaban J connectivity index is 1.75. The van der Waals surface area contributed by atoms with Crippen LogP contribution in [0.5, 0.6) is 0 Å². The normalized spacial score (nSPS) is 18.2. The molecule has 1 unspecified atom stereocenters. The van der Waals surface area contributed by atoms with Crippen LogP contribution in [0.2, 0.25) is 0 Å². The average Bonchev–Trinajstić information content (AvgIpc) is 2.46. The van der Waals surface area contributed by atoms with Crippen LogP contribution < -0.4 is 4.90 Å². The topological polar surface area (TPSA) is 48.8 Å². The van der Waals surface area contributed by atoms with E-state index < -0.39 is 6.10 Å². The first kappa shape index (κ1) is 16.2. The number of piperazine rings is 1. The highest BCUT2D eigenvalue weighted by molar-refractivity contribution is 5.39. The van der Waals surface area contributed by atoms with E-state index in [9.17, 15) is 5.11 Å². The summed E-state index contributed by atoms with van der Waals surface area (Å²) in [4.78, 5) is 9.17. The van der Waals surface area contributed by atoms with E-state index in [1.165, 1.54) is 0 Å². The van der Waals surface area contributed by atoms with Crippen molar-refractivity contribution in [3.8, 4) is 0 Å². The van der Waals surface area contributed by atoms with Gasteiger partial charge in [0.1, 0.15) is 5.82 Å². The van der Waals surface area contributed by atoms with Gasteiger partial charge in [0.25, 0.3) is 0 Å². The number of aromatic nitrogens is 1. The van der Waals surface area contributed by atoms with Gasteiger partial charge in [-0.15, -0.1) is 0 Å². The van der Waals surface area contributed by atoms with Crippen LogP contribution in [0.1, 0.15) is 19.5 Å². The zero-order valence-corrected chi connectivity index (χ0v) is 13.3. The van der Waals surface area contributed by atoms with E-state index in [0.717, 1.165) is 37.7 Å². The van der Waals surface area contributed by atoms with Gasteiger partial charge in [-0.05, 0) is 32.9 Å². The van der Waals surface area contributed by atoms with Crippen molar-refractivity contribution >= 4 is 5.82 Å². The summed E-state index contributed by atoms with van der Waals surface area (Å²) in [6.45, 7) is 10.9. The van der Waals surface area contributed by atoms with E-state index in [-0.39, 0.29) is 6.10 Å². The Morgan fingerprint density at radius 1 is 1.24 bits per heavy atom. The van der Waals surface area contributed by atoms with Gasteiger partial charge >= 0.3 is 0 Å². The molecule has 5 nitrogen and oxygen atoms in total. The van der Waals surface area contributed by atoms with E-state index >= 15 is 0 Å². The first-order chi connectivity index (χ1) is 10.0. The van der Waals surface area contributed by atoms with E-state index in [1.807, 2.05) is 26.8 Å². The van der Waals surface area contributed by atoms with Gasteiger partial charge in [0, 0.05) is 38.4 Å². The average molecular weight is 293 g/mol. The molecule has 0 aromatic carbocycles. The Morgan fingerprint density at radius 2 is 1.95 bits per heavy atom. The summed E-state index contributed by atoms with van der Waals surface area (Å²) in [5, 5.41) is 9.98. The highest BCUT2D eigenvalue weighted by Gasteiger charge is 2.20. The van der Waals surface area contributed by atoms with Crippen molar-refractivity contribution in [2.24, 2.45) is 0 Å². The van der Waals surface area contributed by atoms with E-state index in [4.69, 9.17) is 4.74 Å². The molecule has 0 aliphatic carbocycles. The molecule has 118 valence electrons. The lowest BCUT2D eigenvalue weighted by atomic mass is 10.2. The summed E-state index contributed by atoms with van der Waals surface area (Å²) < 4.78 is 5.45. The van der Waals surface area contributed by atoms with Crippen molar-refractivity contribution in [1.29, 1.82) is 0 Å². The van der Waals surface area contributed by atoms with Crippen molar-refractivity contribution in [2.75, 3.05) is 44.2 Å². The molecule has 1 atom stereocenters. The molecule has 1 aliphatic heterocycles. The molecule has 21 heavy (non-hydrogen) atoms. The molecule has 1 saturated heterocycles. The SMILES string of the molecule is Cc1cccc(N2CCN(CC(O)COC(C)C)CC2)n1. The van der Waals surface area contributed by atoms with Crippen LogP contribution in [0.15, 0.2) is 18.2 Å². The van der Waals surface area contributed by atoms with Crippen LogP contribution in [-0.2, 0) is 4.74 Å². The molecular weight excluding hydrogens is 266 g/mol. The molecule has 0 radical (unpaired) electrons. The van der Waals surface area contributed by atoms with Crippen molar-refractivity contribution in [3.05, 3.63) is 23.9 Å². The van der Waals surface area contributed by atoms with Gasteiger partial charge in [-0.3, -0.25) is 4.90 Å². The zero-order valence-electron chi connectivity index (χ0n) is 13.3. The van der Waals surface area contributed by atoms with Gasteiger partial charge in [0.2, 0.25) is 0 Å². The number of nitrogens with zero attached hydrogens (tertiary/aromatic N) is 3. The lowest BCUT2D eigenvalue weighted by Crippen LogP contribution is -2.49. The van der Waals surface area contributed by atoms with E-state index in [1.54, 1.807) is 0 Å². The van der Waals surface area contributed by atoms with Gasteiger partial charge in [-0.1, -0.05) is 6.07 Å². The maximum absolute atomic E-state index is 9.98. The predicted molar refractivity (Wildman–Crippen MR) is 84.7 cm³/mol. The second kappa shape index (κ2) is 7.73. The number of rotatable bonds is 6. The quantitative estimate of drug-likeness (QED) is 0.857. The minimum absolute atomic E-state index is 0.170. The lowest BCUT2D eigenvalue weighted by molar-refractivity contribution is -0.00900. The molecule has 2 heterocycles. The van der Waals surface area contributed by atoms with Crippen molar-refractivity contribution in [3.63, 3.8) is 0 Å². The van der Waals surface area contributed by atoms with Gasteiger partial charge in [0.05, 0.1) is 18.8 Å². The van der Waals surface area contributed by atoms with E-state index in [2.05, 4.69) is 26.9 Å². The number of β-amino-alcohol motifs (C(OH)–C–C–N with tert-alkyl or cyclic N) is 1. The van der Waals surface area contributed by atoms with Gasteiger partial charge in [0.15, 0.2) is 0 Å². The third kappa shape index (κ3) is 5.26. The van der Waals surface area contributed by atoms with Gasteiger partial charge in [-0.2, -0.15) is 0 Å². The maximum Gasteiger partial charge on any atom is 0.128 e. The largest absolute Gasteiger partial charge is 0.389 e. The summed E-state index contributed by atoms with van der Waals surface area (Å²) >= 11 is 0. The monoisotopic (exact) mass is 293 g/mol. The minimum Gasteiger partial charge on any atom is -0.389 e. The Kier molecular flexibility index (Phi) is 5.96. The fourth-order valence-electron chi connectivity index (χ4n) is 2.52. The number of aryl methyl sites for hydroxylation is 1. The number of aliphatic hydroxyl groups excluding tert-OH is 1. The summed E-state index contributed by atoms with van der Waals surface area (Å²) in [6, 6.07) is 6.13. The number of anilines is 1. The third-order valence-electron chi connectivity index (χ3n) is 3.66. The molecule has 1 fully saturated rings. The predicted octanol–water partition coefficient (Wildman–Crippen LogP) is 1.30. The molecule has 1 aliphatic rings. The minimum atomic E-state index is -0.406. The molecule has 0 amide bonds. The second-order valence-corrected chi connectivity index (χ2v) is 5.96. The summed E-state index contributed by atoms with van der Waals surface area (Å²) in [6.07, 6.45) is -0.236. The van der Waals surface area contributed by atoms with Crippen molar-refractivity contribution < 1.29 is 9.84 Å². The van der Waals surface area contributed by atoms with Crippen LogP contribution >= 0.6 is 0 Å². The standard InChI is InChI=1S/C16H27N3O2/c1-13(2)21-12-15(20)11-18-7-9-19(10-8-18)16-6-4-5-14(3)17-16/h4-6,13,15,20H,7-12H2,1-3H3. The summed E-state index contributed by atoms with van der Waals surface area (Å²) in [5.41, 5.74) is 1.05. The Labute approximate surface area is 127 Å². The van der Waals surface area contributed by atoms with Crippen molar-refractivity contribution in [1.82, 2.24) is 9.88 Å². The number of pyridine rings is 1. The molecular formula is C16H27N3O2. The Hall–Kier alpha value is -1.17. The number of hydrogen-bond donors (Lipinski definition) is 1. The maximum atomic E-state index is 9.98. The molecule has 1 aromatic heterocycles. The van der Waals surface area contributed by atoms with Crippen molar-refractivity contribution in [2.45, 2.75) is 33.0 Å². The zero-order chi connectivity index (χ0) is 15.2. The first-order valence-corrected chi connectivity index (χ1v) is 7.75. The first-order valence-electron chi connectivity index (χ1n) is 7.75. The Morgan fingerprint density at radius 3 is 2.57 bits per heavy atom. The van der Waals surface area contributed by atoms with Crippen LogP contribution in [0.3, 0.4) is 0 Å². The molecule has 0 bridgehead atoms. The highest BCUT2D eigenvalue weighted by atomic mass is 16.5. The molecule has 1 N–H and O–H groups in total. The smallest absolute Gasteiger partial charge is 0.128 e. The fraction of sp³-hybridized carbons (Fsp3) is 0.688. The van der Waals surface area contributed by atoms with Crippen LogP contribution in [0.4, 0.5) is 5.82 Å². The molecule has 5 heteroatoms. The van der Waals surface area contributed by atoms with Crippen LogP contribution in [-0.4, -0.2) is 66.5 Å². The third-order valence-corrected chi connectivity index (χ3v) is 3.66. The van der Waals surface area contributed by atoms with Gasteiger partial charge in [-0.25, -0.2) is 4.98 Å². The molecule has 0 saturated carbocycles. The molecule has 1 aromatic rings. The molecule has 2 rings (SSSR count). The molecule has 0 spiro atoms. The van der Waals surface area contributed by atoms with Crippen LogP contribution in [0.25, 0.3) is 0 Å².